The summed E-state index contributed by atoms with van der Waals surface area (Å²) in [6.45, 7) is 3.42. The average Bonchev–Trinajstić information content (AvgIpc) is 3.28. The Kier molecular flexibility index (Phi) is 5.17. The molecule has 2 aromatic carbocycles. The van der Waals surface area contributed by atoms with E-state index in [9.17, 15) is 14.0 Å². The molecule has 8 heteroatoms. The topological polar surface area (TPSA) is 84.5 Å². The summed E-state index contributed by atoms with van der Waals surface area (Å²) in [5.74, 6) is -1.04. The van der Waals surface area contributed by atoms with Crippen LogP contribution >= 0.6 is 15.9 Å². The van der Waals surface area contributed by atoms with Gasteiger partial charge in [-0.1, -0.05) is 15.9 Å². The summed E-state index contributed by atoms with van der Waals surface area (Å²) < 4.78 is 25.9. The lowest BCUT2D eigenvalue weighted by Crippen LogP contribution is -2.15. The van der Waals surface area contributed by atoms with Crippen molar-refractivity contribution in [2.24, 2.45) is 0 Å². The van der Waals surface area contributed by atoms with Crippen molar-refractivity contribution in [2.45, 2.75) is 13.8 Å². The molecule has 0 aliphatic rings. The second kappa shape index (κ2) is 7.79. The molecule has 6 nitrogen and oxygen atoms in total. The van der Waals surface area contributed by atoms with Gasteiger partial charge in [0, 0.05) is 21.1 Å². The van der Waals surface area contributed by atoms with Gasteiger partial charge in [-0.3, -0.25) is 9.59 Å². The summed E-state index contributed by atoms with van der Waals surface area (Å²) in [5.41, 5.74) is 1.82. The number of hydrogen-bond donors (Lipinski definition) is 2. The van der Waals surface area contributed by atoms with Crippen LogP contribution in [0.15, 0.2) is 62.0 Å². The zero-order valence-electron chi connectivity index (χ0n) is 16.0. The van der Waals surface area contributed by atoms with Crippen molar-refractivity contribution < 1.29 is 22.8 Å². The molecule has 0 saturated heterocycles. The predicted octanol–water partition coefficient (Wildman–Crippen LogP) is 6.05. The van der Waals surface area contributed by atoms with Crippen LogP contribution in [-0.4, -0.2) is 11.8 Å². The molecule has 30 heavy (non-hydrogen) atoms. The van der Waals surface area contributed by atoms with Gasteiger partial charge in [-0.2, -0.15) is 0 Å². The van der Waals surface area contributed by atoms with Crippen LogP contribution in [-0.2, 0) is 0 Å². The molecule has 0 saturated carbocycles. The van der Waals surface area contributed by atoms with Crippen molar-refractivity contribution in [1.29, 1.82) is 0 Å². The number of rotatable bonds is 4. The maximum absolute atomic E-state index is 14.2. The third-order valence-corrected chi connectivity index (χ3v) is 5.17. The Labute approximate surface area is 179 Å². The normalized spacial score (nSPS) is 10.9. The summed E-state index contributed by atoms with van der Waals surface area (Å²) in [6, 6.07) is 10.9. The number of carbonyl (C=O) groups excluding carboxylic acids is 2. The molecule has 0 bridgehead atoms. The van der Waals surface area contributed by atoms with Crippen LogP contribution in [0, 0.1) is 19.7 Å². The molecule has 4 rings (SSSR count). The summed E-state index contributed by atoms with van der Waals surface area (Å²) in [4.78, 5) is 25.1. The highest BCUT2D eigenvalue weighted by atomic mass is 79.9. The number of furan rings is 2. The molecule has 0 radical (unpaired) electrons. The first-order valence-electron chi connectivity index (χ1n) is 8.98. The maximum Gasteiger partial charge on any atom is 0.291 e. The molecule has 0 aliphatic heterocycles. The molecule has 2 heterocycles. The second-order valence-electron chi connectivity index (χ2n) is 6.69. The van der Waals surface area contributed by atoms with Gasteiger partial charge in [-0.25, -0.2) is 4.39 Å². The van der Waals surface area contributed by atoms with Crippen molar-refractivity contribution in [1.82, 2.24) is 0 Å². The first-order valence-corrected chi connectivity index (χ1v) is 9.78. The van der Waals surface area contributed by atoms with Gasteiger partial charge in [0.15, 0.2) is 5.76 Å². The van der Waals surface area contributed by atoms with E-state index in [0.717, 1.165) is 15.9 Å². The zero-order chi connectivity index (χ0) is 21.4. The van der Waals surface area contributed by atoms with E-state index >= 15 is 0 Å². The molecule has 4 aromatic rings. The van der Waals surface area contributed by atoms with Gasteiger partial charge in [-0.05, 0) is 56.3 Å². The minimum absolute atomic E-state index is 0.0661. The minimum Gasteiger partial charge on any atom is -0.469 e. The van der Waals surface area contributed by atoms with Crippen LogP contribution in [0.1, 0.15) is 32.2 Å². The predicted molar refractivity (Wildman–Crippen MR) is 114 cm³/mol. The molecular weight excluding hydrogens is 455 g/mol. The van der Waals surface area contributed by atoms with Crippen molar-refractivity contribution >= 4 is 50.1 Å². The lowest BCUT2D eigenvalue weighted by atomic mass is 10.1. The molecule has 0 spiro atoms. The minimum atomic E-state index is -0.632. The Morgan fingerprint density at radius 3 is 2.53 bits per heavy atom. The number of anilines is 2. The highest BCUT2D eigenvalue weighted by Crippen LogP contribution is 2.29. The van der Waals surface area contributed by atoms with Crippen LogP contribution in [0.3, 0.4) is 0 Å². The van der Waals surface area contributed by atoms with Gasteiger partial charge in [-0.15, -0.1) is 0 Å². The van der Waals surface area contributed by atoms with Crippen LogP contribution in [0.25, 0.3) is 11.0 Å². The Morgan fingerprint density at radius 2 is 1.80 bits per heavy atom. The second-order valence-corrected chi connectivity index (χ2v) is 7.61. The molecule has 0 fully saturated rings. The summed E-state index contributed by atoms with van der Waals surface area (Å²) in [5, 5.41) is 5.99. The van der Waals surface area contributed by atoms with E-state index in [1.807, 2.05) is 12.1 Å². The van der Waals surface area contributed by atoms with E-state index in [1.54, 1.807) is 19.9 Å². The molecule has 0 aliphatic carbocycles. The molecule has 0 atom stereocenters. The number of fused-ring (bicyclic) bond motifs is 1. The number of hydrogen-bond acceptors (Lipinski definition) is 4. The summed E-state index contributed by atoms with van der Waals surface area (Å²) >= 11 is 3.40. The molecule has 2 amide bonds. The molecule has 2 N–H and O–H groups in total. The number of benzene rings is 2. The molecular formula is C22H16BrFN2O4. The van der Waals surface area contributed by atoms with Gasteiger partial charge in [0.1, 0.15) is 17.2 Å². The van der Waals surface area contributed by atoms with E-state index in [-0.39, 0.29) is 11.4 Å². The van der Waals surface area contributed by atoms with E-state index in [1.165, 1.54) is 24.5 Å². The smallest absolute Gasteiger partial charge is 0.291 e. The third kappa shape index (κ3) is 3.73. The SMILES string of the molecule is Cc1occc1C(=O)Nc1cc(NC(=O)c2oc3ccc(Br)cc3c2C)ccc1F. The quantitative estimate of drug-likeness (QED) is 0.380. The van der Waals surface area contributed by atoms with Crippen LogP contribution in [0.2, 0.25) is 0 Å². The maximum atomic E-state index is 14.2. The van der Waals surface area contributed by atoms with Gasteiger partial charge in [0.25, 0.3) is 11.8 Å². The van der Waals surface area contributed by atoms with Crippen molar-refractivity contribution in [3.63, 3.8) is 0 Å². The Hall–Kier alpha value is -3.39. The largest absolute Gasteiger partial charge is 0.469 e. The van der Waals surface area contributed by atoms with E-state index < -0.39 is 17.6 Å². The summed E-state index contributed by atoms with van der Waals surface area (Å²) in [7, 11) is 0. The first kappa shape index (κ1) is 19.9. The fourth-order valence-electron chi connectivity index (χ4n) is 3.11. The van der Waals surface area contributed by atoms with Crippen molar-refractivity contribution in [2.75, 3.05) is 10.6 Å². The lowest BCUT2D eigenvalue weighted by molar-refractivity contribution is 0.0996. The first-order chi connectivity index (χ1) is 14.3. The molecule has 0 unspecified atom stereocenters. The van der Waals surface area contributed by atoms with Crippen LogP contribution in [0.4, 0.5) is 15.8 Å². The number of carbonyl (C=O) groups is 2. The highest BCUT2D eigenvalue weighted by molar-refractivity contribution is 9.10. The molecule has 2 aromatic heterocycles. The van der Waals surface area contributed by atoms with Crippen LogP contribution < -0.4 is 10.6 Å². The van der Waals surface area contributed by atoms with Gasteiger partial charge >= 0.3 is 0 Å². The Bertz CT molecular complexity index is 1290. The van der Waals surface area contributed by atoms with Gasteiger partial charge in [0.2, 0.25) is 0 Å². The average molecular weight is 471 g/mol. The fourth-order valence-corrected chi connectivity index (χ4v) is 3.47. The third-order valence-electron chi connectivity index (χ3n) is 4.68. The standard InChI is InChI=1S/C22H16BrFN2O4/c1-11-16-9-13(23)3-6-19(16)30-20(11)22(28)25-14-4-5-17(24)18(10-14)26-21(27)15-7-8-29-12(15)2/h3-10H,1-2H3,(H,25,28)(H,26,27). The zero-order valence-corrected chi connectivity index (χ0v) is 17.6. The summed E-state index contributed by atoms with van der Waals surface area (Å²) in [6.07, 6.45) is 1.38. The Morgan fingerprint density at radius 1 is 1.00 bits per heavy atom. The van der Waals surface area contributed by atoms with Crippen molar-refractivity contribution in [3.8, 4) is 0 Å². The highest BCUT2D eigenvalue weighted by Gasteiger charge is 2.19. The number of aryl methyl sites for hydroxylation is 2. The van der Waals surface area contributed by atoms with Crippen LogP contribution in [0.5, 0.6) is 0 Å². The number of halogens is 2. The van der Waals surface area contributed by atoms with Crippen molar-refractivity contribution in [3.05, 3.63) is 81.7 Å². The van der Waals surface area contributed by atoms with E-state index in [0.29, 0.717) is 28.2 Å². The number of nitrogens with one attached hydrogen (secondary N) is 2. The monoisotopic (exact) mass is 470 g/mol. The lowest BCUT2D eigenvalue weighted by Gasteiger charge is -2.09. The number of amides is 2. The Balaban J connectivity index is 1.57. The van der Waals surface area contributed by atoms with Gasteiger partial charge in [0.05, 0.1) is 17.5 Å². The van der Waals surface area contributed by atoms with E-state index in [4.69, 9.17) is 8.83 Å². The van der Waals surface area contributed by atoms with Gasteiger partial charge < -0.3 is 19.5 Å². The molecule has 152 valence electrons. The fraction of sp³-hybridized carbons (Fsp3) is 0.0909. The van der Waals surface area contributed by atoms with E-state index in [2.05, 4.69) is 26.6 Å².